The maximum atomic E-state index is 10.7. The number of fused-ring (bicyclic) bond motifs is 1. The highest BCUT2D eigenvalue weighted by Gasteiger charge is 2.42. The van der Waals surface area contributed by atoms with Crippen LogP contribution >= 0.6 is 0 Å². The Hall–Kier alpha value is -1.13. The van der Waals surface area contributed by atoms with E-state index in [1.807, 2.05) is 18.2 Å². The Labute approximate surface area is 120 Å². The number of piperidine rings is 1. The van der Waals surface area contributed by atoms with Crippen molar-refractivity contribution in [1.82, 2.24) is 9.88 Å². The second-order valence-corrected chi connectivity index (χ2v) is 6.20. The van der Waals surface area contributed by atoms with E-state index in [4.69, 9.17) is 4.74 Å². The minimum Gasteiger partial charge on any atom is -0.481 e. The van der Waals surface area contributed by atoms with E-state index in [-0.39, 0.29) is 0 Å². The lowest BCUT2D eigenvalue weighted by Crippen LogP contribution is -2.53. The van der Waals surface area contributed by atoms with Crippen LogP contribution in [0.3, 0.4) is 0 Å². The summed E-state index contributed by atoms with van der Waals surface area (Å²) in [6, 6.07) is 5.91. The van der Waals surface area contributed by atoms with Crippen LogP contribution in [0.2, 0.25) is 0 Å². The van der Waals surface area contributed by atoms with Crippen LogP contribution in [0.4, 0.5) is 0 Å². The second-order valence-electron chi connectivity index (χ2n) is 6.20. The molecule has 1 N–H and O–H groups in total. The van der Waals surface area contributed by atoms with Gasteiger partial charge < -0.3 is 9.84 Å². The molecule has 1 aliphatic carbocycles. The molecular weight excluding hydrogens is 252 g/mol. The summed E-state index contributed by atoms with van der Waals surface area (Å²) in [7, 11) is 1.65. The predicted octanol–water partition coefficient (Wildman–Crippen LogP) is 2.22. The number of rotatable bonds is 3. The molecule has 20 heavy (non-hydrogen) atoms. The summed E-state index contributed by atoms with van der Waals surface area (Å²) in [5, 5.41) is 10.7. The standard InChI is InChI=1S/C16H24N2O2/c1-20-15-7-4-6-14(17-15)12-18-10-9-16(19)8-3-2-5-13(16)11-18/h4,6-7,13,19H,2-3,5,8-12H2,1H3. The fourth-order valence-electron chi connectivity index (χ4n) is 3.67. The number of aliphatic hydroxyl groups is 1. The molecule has 0 aromatic carbocycles. The van der Waals surface area contributed by atoms with E-state index in [0.29, 0.717) is 11.8 Å². The maximum Gasteiger partial charge on any atom is 0.213 e. The first kappa shape index (κ1) is 13.8. The molecule has 0 bridgehead atoms. The number of hydrogen-bond acceptors (Lipinski definition) is 4. The third-order valence-corrected chi connectivity index (χ3v) is 4.89. The van der Waals surface area contributed by atoms with Crippen molar-refractivity contribution in [2.45, 2.75) is 44.2 Å². The third kappa shape index (κ3) is 2.81. The summed E-state index contributed by atoms with van der Waals surface area (Å²) in [4.78, 5) is 6.90. The number of nitrogens with zero attached hydrogens (tertiary/aromatic N) is 2. The van der Waals surface area contributed by atoms with Crippen molar-refractivity contribution in [3.05, 3.63) is 23.9 Å². The quantitative estimate of drug-likeness (QED) is 0.919. The molecule has 0 radical (unpaired) electrons. The first-order valence-electron chi connectivity index (χ1n) is 7.64. The van der Waals surface area contributed by atoms with Gasteiger partial charge in [-0.3, -0.25) is 4.90 Å². The summed E-state index contributed by atoms with van der Waals surface area (Å²) >= 11 is 0. The van der Waals surface area contributed by atoms with E-state index >= 15 is 0 Å². The monoisotopic (exact) mass is 276 g/mol. The van der Waals surface area contributed by atoms with Gasteiger partial charge in [0.25, 0.3) is 0 Å². The van der Waals surface area contributed by atoms with E-state index < -0.39 is 5.60 Å². The van der Waals surface area contributed by atoms with Crippen LogP contribution in [0.1, 0.15) is 37.8 Å². The van der Waals surface area contributed by atoms with Crippen LogP contribution in [0, 0.1) is 5.92 Å². The van der Waals surface area contributed by atoms with Gasteiger partial charge in [-0.25, -0.2) is 4.98 Å². The first-order valence-corrected chi connectivity index (χ1v) is 7.64. The highest BCUT2D eigenvalue weighted by atomic mass is 16.5. The maximum absolute atomic E-state index is 10.7. The van der Waals surface area contributed by atoms with Crippen molar-refractivity contribution in [2.24, 2.45) is 5.92 Å². The van der Waals surface area contributed by atoms with Crippen LogP contribution < -0.4 is 4.74 Å². The molecule has 2 atom stereocenters. The summed E-state index contributed by atoms with van der Waals surface area (Å²) in [5.74, 6) is 1.12. The van der Waals surface area contributed by atoms with Gasteiger partial charge in [0.2, 0.25) is 5.88 Å². The minimum atomic E-state index is -0.392. The van der Waals surface area contributed by atoms with Gasteiger partial charge in [0.05, 0.1) is 18.4 Å². The van der Waals surface area contributed by atoms with E-state index in [1.54, 1.807) is 7.11 Å². The van der Waals surface area contributed by atoms with Crippen LogP contribution in [-0.2, 0) is 6.54 Å². The van der Waals surface area contributed by atoms with Crippen molar-refractivity contribution in [3.8, 4) is 5.88 Å². The van der Waals surface area contributed by atoms with E-state index in [0.717, 1.165) is 38.2 Å². The Bertz CT molecular complexity index is 466. The lowest BCUT2D eigenvalue weighted by Gasteiger charge is -2.47. The molecule has 4 nitrogen and oxygen atoms in total. The van der Waals surface area contributed by atoms with Crippen LogP contribution in [0.5, 0.6) is 5.88 Å². The summed E-state index contributed by atoms with van der Waals surface area (Å²) in [6.45, 7) is 2.81. The first-order chi connectivity index (χ1) is 9.69. The molecule has 0 spiro atoms. The average Bonchev–Trinajstić information content (AvgIpc) is 2.48. The predicted molar refractivity (Wildman–Crippen MR) is 77.6 cm³/mol. The van der Waals surface area contributed by atoms with Gasteiger partial charge in [0.1, 0.15) is 0 Å². The van der Waals surface area contributed by atoms with Gasteiger partial charge in [-0.1, -0.05) is 18.9 Å². The molecule has 1 saturated carbocycles. The van der Waals surface area contributed by atoms with E-state index in [2.05, 4.69) is 9.88 Å². The third-order valence-electron chi connectivity index (χ3n) is 4.89. The number of hydrogen-bond donors (Lipinski definition) is 1. The molecule has 1 aromatic heterocycles. The molecule has 1 aliphatic heterocycles. The Balaban J connectivity index is 1.64. The van der Waals surface area contributed by atoms with Gasteiger partial charge in [-0.05, 0) is 25.3 Å². The van der Waals surface area contributed by atoms with Gasteiger partial charge in [-0.2, -0.15) is 0 Å². The normalized spacial score (nSPS) is 30.8. The van der Waals surface area contributed by atoms with E-state index in [9.17, 15) is 5.11 Å². The van der Waals surface area contributed by atoms with Gasteiger partial charge in [0, 0.05) is 31.6 Å². The molecule has 4 heteroatoms. The van der Waals surface area contributed by atoms with Gasteiger partial charge in [-0.15, -0.1) is 0 Å². The van der Waals surface area contributed by atoms with Crippen molar-refractivity contribution in [2.75, 3.05) is 20.2 Å². The van der Waals surface area contributed by atoms with Crippen LogP contribution in [0.25, 0.3) is 0 Å². The molecule has 0 amide bonds. The Morgan fingerprint density at radius 1 is 1.40 bits per heavy atom. The number of likely N-dealkylation sites (tertiary alicyclic amines) is 1. The molecule has 1 aromatic rings. The summed E-state index contributed by atoms with van der Waals surface area (Å²) in [6.07, 6.45) is 5.51. The molecule has 2 heterocycles. The fraction of sp³-hybridized carbons (Fsp3) is 0.688. The summed E-state index contributed by atoms with van der Waals surface area (Å²) < 4.78 is 5.18. The highest BCUT2D eigenvalue weighted by Crippen LogP contribution is 2.39. The molecule has 2 aliphatic rings. The molecule has 2 unspecified atom stereocenters. The molecular formula is C16H24N2O2. The summed E-state index contributed by atoms with van der Waals surface area (Å²) in [5.41, 5.74) is 0.655. The topological polar surface area (TPSA) is 45.6 Å². The van der Waals surface area contributed by atoms with Crippen molar-refractivity contribution in [1.29, 1.82) is 0 Å². The molecule has 1 saturated heterocycles. The Morgan fingerprint density at radius 2 is 2.30 bits per heavy atom. The minimum absolute atomic E-state index is 0.392. The smallest absolute Gasteiger partial charge is 0.213 e. The average molecular weight is 276 g/mol. The highest BCUT2D eigenvalue weighted by molar-refractivity contribution is 5.15. The SMILES string of the molecule is COc1cccc(CN2CCC3(O)CCCCC3C2)n1. The lowest BCUT2D eigenvalue weighted by atomic mass is 9.71. The van der Waals surface area contributed by atoms with Crippen molar-refractivity contribution < 1.29 is 9.84 Å². The molecule has 3 rings (SSSR count). The molecule has 2 fully saturated rings. The van der Waals surface area contributed by atoms with E-state index in [1.165, 1.54) is 19.3 Å². The van der Waals surface area contributed by atoms with Crippen molar-refractivity contribution in [3.63, 3.8) is 0 Å². The van der Waals surface area contributed by atoms with Gasteiger partial charge in [0.15, 0.2) is 0 Å². The number of aromatic nitrogens is 1. The van der Waals surface area contributed by atoms with Crippen molar-refractivity contribution >= 4 is 0 Å². The Kier molecular flexibility index (Phi) is 3.94. The Morgan fingerprint density at radius 3 is 3.15 bits per heavy atom. The second kappa shape index (κ2) is 5.70. The van der Waals surface area contributed by atoms with Gasteiger partial charge >= 0.3 is 0 Å². The lowest BCUT2D eigenvalue weighted by molar-refractivity contribution is -0.0969. The zero-order chi connectivity index (χ0) is 14.0. The zero-order valence-electron chi connectivity index (χ0n) is 12.2. The largest absolute Gasteiger partial charge is 0.481 e. The molecule has 110 valence electrons. The number of ether oxygens (including phenoxy) is 1. The zero-order valence-corrected chi connectivity index (χ0v) is 12.2. The van der Waals surface area contributed by atoms with Crippen LogP contribution in [-0.4, -0.2) is 40.8 Å². The number of methoxy groups -OCH3 is 1. The van der Waals surface area contributed by atoms with Crippen LogP contribution in [0.15, 0.2) is 18.2 Å². The number of pyridine rings is 1. The fourth-order valence-corrected chi connectivity index (χ4v) is 3.67.